The predicted molar refractivity (Wildman–Crippen MR) is 190 cm³/mol. The van der Waals surface area contributed by atoms with Gasteiger partial charge in [-0.1, -0.05) is 36.4 Å². The van der Waals surface area contributed by atoms with Crippen LogP contribution in [-0.4, -0.2) is 60.3 Å². The van der Waals surface area contributed by atoms with Crippen molar-refractivity contribution in [1.29, 1.82) is 0 Å². The van der Waals surface area contributed by atoms with E-state index in [1.54, 1.807) is 102 Å². The van der Waals surface area contributed by atoms with Gasteiger partial charge in [-0.15, -0.1) is 0 Å². The van der Waals surface area contributed by atoms with E-state index in [0.717, 1.165) is 37.8 Å². The van der Waals surface area contributed by atoms with Gasteiger partial charge in [-0.3, -0.25) is 0 Å². The molecule has 2 aromatic rings. The average Bonchev–Trinajstić information content (AvgIpc) is 3.00. The molecule has 0 aliphatic carbocycles. The van der Waals surface area contributed by atoms with Gasteiger partial charge in [-0.2, -0.15) is 0 Å². The first-order valence-electron chi connectivity index (χ1n) is 12.3. The lowest BCUT2D eigenvalue weighted by Gasteiger charge is -2.24. The number of rotatable bonds is 23. The maximum Gasteiger partial charge on any atom is 0.500 e. The highest BCUT2D eigenvalue weighted by molar-refractivity contribution is 9.48. The molecular weight excluding hydrogens is 697 g/mol. The highest BCUT2D eigenvalue weighted by atomic mass is 34.0. The Balaban J connectivity index is 1.66. The van der Waals surface area contributed by atoms with Crippen molar-refractivity contribution in [2.75, 3.05) is 42.7 Å². The summed E-state index contributed by atoms with van der Waals surface area (Å²) >= 11 is 0. The van der Waals surface area contributed by atoms with Gasteiger partial charge in [0.2, 0.25) is 0 Å². The van der Waals surface area contributed by atoms with Crippen LogP contribution in [-0.2, 0) is 39.4 Å². The Labute approximate surface area is 272 Å². The van der Waals surface area contributed by atoms with Gasteiger partial charge in [-0.05, 0) is 129 Å². The van der Waals surface area contributed by atoms with Gasteiger partial charge < -0.3 is 26.6 Å². The van der Waals surface area contributed by atoms with E-state index in [2.05, 4.69) is 48.5 Å². The van der Waals surface area contributed by atoms with Gasteiger partial charge in [0.25, 0.3) is 0 Å². The van der Waals surface area contributed by atoms with Gasteiger partial charge >= 0.3 is 17.6 Å². The van der Waals surface area contributed by atoms with E-state index in [0.29, 0.717) is 0 Å². The molecule has 2 rings (SSSR count). The second kappa shape index (κ2) is 22.0. The van der Waals surface area contributed by atoms with Gasteiger partial charge in [0.15, 0.2) is 0 Å². The Morgan fingerprint density at radius 3 is 1.15 bits per heavy atom. The highest BCUT2D eigenvalue weighted by Crippen LogP contribution is 2.59. The summed E-state index contributed by atoms with van der Waals surface area (Å²) in [6, 6.07) is 18.8. The molecule has 0 aliphatic rings. The molecule has 6 nitrogen and oxygen atoms in total. The summed E-state index contributed by atoms with van der Waals surface area (Å²) < 4.78 is 33.3. The molecule has 0 saturated heterocycles. The van der Waals surface area contributed by atoms with Crippen LogP contribution in [0.2, 0.25) is 12.1 Å². The van der Waals surface area contributed by atoms with Crippen molar-refractivity contribution in [1.82, 2.24) is 0 Å². The summed E-state index contributed by atoms with van der Waals surface area (Å²) in [7, 11) is 19.4. The zero-order chi connectivity index (χ0) is 29.1. The van der Waals surface area contributed by atoms with Crippen LogP contribution in [0.25, 0.3) is 0 Å². The normalized spacial score (nSPS) is 12.2. The smallest absolute Gasteiger partial charge is 0.377 e. The van der Waals surface area contributed by atoms with Crippen LogP contribution in [0.4, 0.5) is 0 Å². The van der Waals surface area contributed by atoms with Crippen molar-refractivity contribution in [2.45, 2.75) is 47.6 Å². The second-order valence-corrected chi connectivity index (χ2v) is 27.1. The maximum absolute atomic E-state index is 5.55. The standard InChI is InChI=1S/C24H38O6S8Si2/c1-25-39(26-2,27-3)19-11-15-21-13-7-9-17-23(21)31-33-35-37-38-36-34-32-24-18-10-8-14-22(24)16-12-20-40(28-4,29-5)30-6/h7-10,13-14,17-18H,11-12,15-16,19-20H2,1-6H3. The highest BCUT2D eigenvalue weighted by Gasteiger charge is 2.37. The van der Waals surface area contributed by atoms with E-state index in [1.165, 1.54) is 20.9 Å². The van der Waals surface area contributed by atoms with E-state index >= 15 is 0 Å². The molecule has 0 aromatic heterocycles. The largest absolute Gasteiger partial charge is 0.500 e. The summed E-state index contributed by atoms with van der Waals surface area (Å²) in [5.74, 6) is 0. The number of hydrogen-bond donors (Lipinski definition) is 0. The van der Waals surface area contributed by atoms with Crippen molar-refractivity contribution in [3.8, 4) is 0 Å². The van der Waals surface area contributed by atoms with Crippen LogP contribution in [0.1, 0.15) is 24.0 Å². The molecule has 226 valence electrons. The molecule has 0 unspecified atom stereocenters. The molecular formula is C24H38O6S8Si2. The summed E-state index contributed by atoms with van der Waals surface area (Å²) in [6.07, 6.45) is 3.87. The first-order valence-corrected chi connectivity index (χ1v) is 26.3. The molecule has 40 heavy (non-hydrogen) atoms. The molecule has 0 amide bonds. The SMILES string of the molecule is CO[Si](CCCc1ccccc1SSSSSSSSc1ccccc1CCC[Si](OC)(OC)OC)(OC)OC. The Kier molecular flexibility index (Phi) is 20.7. The van der Waals surface area contributed by atoms with Crippen LogP contribution in [0.15, 0.2) is 58.3 Å². The maximum atomic E-state index is 5.55. The summed E-state index contributed by atoms with van der Waals surface area (Å²) in [5, 5.41) is 0. The second-order valence-electron chi connectivity index (χ2n) is 8.09. The van der Waals surface area contributed by atoms with Gasteiger partial charge in [-0.25, -0.2) is 0 Å². The third-order valence-corrected chi connectivity index (χ3v) is 26.8. The van der Waals surface area contributed by atoms with E-state index < -0.39 is 17.6 Å². The molecule has 0 radical (unpaired) electrons. The molecule has 0 fully saturated rings. The zero-order valence-electron chi connectivity index (χ0n) is 23.6. The Morgan fingerprint density at radius 1 is 0.475 bits per heavy atom. The zero-order valence-corrected chi connectivity index (χ0v) is 32.1. The van der Waals surface area contributed by atoms with Crippen molar-refractivity contribution >= 4 is 98.2 Å². The van der Waals surface area contributed by atoms with Crippen LogP contribution in [0.3, 0.4) is 0 Å². The lowest BCUT2D eigenvalue weighted by molar-refractivity contribution is 0.122. The van der Waals surface area contributed by atoms with E-state index in [-0.39, 0.29) is 0 Å². The molecule has 2 aromatic carbocycles. The summed E-state index contributed by atoms with van der Waals surface area (Å²) in [6.45, 7) is 0. The molecule has 0 atom stereocenters. The number of hydrogen-bond acceptors (Lipinski definition) is 14. The van der Waals surface area contributed by atoms with Gasteiger partial charge in [0.1, 0.15) is 0 Å². The average molecular weight is 735 g/mol. The van der Waals surface area contributed by atoms with Crippen molar-refractivity contribution in [3.05, 3.63) is 59.7 Å². The monoisotopic (exact) mass is 734 g/mol. The first-order chi connectivity index (χ1) is 19.5. The van der Waals surface area contributed by atoms with Crippen molar-refractivity contribution < 1.29 is 26.6 Å². The molecule has 16 heteroatoms. The molecule has 0 bridgehead atoms. The fourth-order valence-electron chi connectivity index (χ4n) is 3.83. The Hall–Kier alpha value is 1.43. The fourth-order valence-corrected chi connectivity index (χ4v) is 24.2. The van der Waals surface area contributed by atoms with E-state index in [1.807, 2.05) is 21.6 Å². The van der Waals surface area contributed by atoms with Gasteiger partial charge in [0, 0.05) is 64.5 Å². The minimum absolute atomic E-state index is 0.805. The summed E-state index contributed by atoms with van der Waals surface area (Å²) in [5.41, 5.74) is 2.70. The predicted octanol–water partition coefficient (Wildman–Crippen LogP) is 10.00. The lowest BCUT2D eigenvalue weighted by Crippen LogP contribution is -2.42. The topological polar surface area (TPSA) is 55.4 Å². The van der Waals surface area contributed by atoms with Gasteiger partial charge in [0.05, 0.1) is 0 Å². The molecule has 0 spiro atoms. The minimum atomic E-state index is -2.52. The lowest BCUT2D eigenvalue weighted by atomic mass is 10.1. The molecule has 0 saturated carbocycles. The van der Waals surface area contributed by atoms with E-state index in [4.69, 9.17) is 26.6 Å². The number of aryl methyl sites for hydroxylation is 2. The number of benzene rings is 2. The van der Waals surface area contributed by atoms with Crippen LogP contribution >= 0.6 is 80.5 Å². The quantitative estimate of drug-likeness (QED) is 0.0618. The minimum Gasteiger partial charge on any atom is -0.377 e. The van der Waals surface area contributed by atoms with E-state index in [9.17, 15) is 0 Å². The van der Waals surface area contributed by atoms with Crippen LogP contribution < -0.4 is 0 Å². The first kappa shape index (κ1) is 37.6. The molecule has 0 heterocycles. The third kappa shape index (κ3) is 13.2. The summed E-state index contributed by atoms with van der Waals surface area (Å²) in [4.78, 5) is 2.61. The van der Waals surface area contributed by atoms with Crippen LogP contribution in [0, 0.1) is 0 Å². The molecule has 0 N–H and O–H groups in total. The Bertz CT molecular complexity index is 867. The Morgan fingerprint density at radius 2 is 0.800 bits per heavy atom. The molecule has 0 aliphatic heterocycles. The van der Waals surface area contributed by atoms with Crippen LogP contribution in [0.5, 0.6) is 0 Å². The third-order valence-electron chi connectivity index (χ3n) is 6.06. The fraction of sp³-hybridized carbons (Fsp3) is 0.500. The van der Waals surface area contributed by atoms with Crippen molar-refractivity contribution in [3.63, 3.8) is 0 Å². The van der Waals surface area contributed by atoms with Crippen molar-refractivity contribution in [2.24, 2.45) is 0 Å².